The molecule has 1 aliphatic rings. The highest BCUT2D eigenvalue weighted by Crippen LogP contribution is 2.31. The first-order valence-corrected chi connectivity index (χ1v) is 8.15. The molecular formula is C20H19FN2O2. The molecule has 3 rings (SSSR count). The Bertz CT molecular complexity index is 815. The standard InChI is InChI=1S/C20H19FN2O2/c1-2-19(24)22-16-7-3-13(4-8-16)11-20(25)23-18-10-5-14-12-15(21)6-9-17(14)18/h2-4,6-9,12,18H,1,5,10-11H2,(H,22,24)(H,23,25). The molecule has 5 heteroatoms. The van der Waals surface area contributed by atoms with Crippen molar-refractivity contribution in [2.45, 2.75) is 25.3 Å². The monoisotopic (exact) mass is 338 g/mol. The number of carbonyl (C=O) groups is 2. The van der Waals surface area contributed by atoms with Crippen LogP contribution in [0.15, 0.2) is 55.1 Å². The van der Waals surface area contributed by atoms with Crippen molar-refractivity contribution in [2.75, 3.05) is 5.32 Å². The van der Waals surface area contributed by atoms with Crippen molar-refractivity contribution >= 4 is 17.5 Å². The molecule has 0 radical (unpaired) electrons. The molecule has 4 nitrogen and oxygen atoms in total. The molecule has 0 aliphatic heterocycles. The Morgan fingerprint density at radius 3 is 2.68 bits per heavy atom. The number of hydrogen-bond acceptors (Lipinski definition) is 2. The number of nitrogens with one attached hydrogen (secondary N) is 2. The minimum absolute atomic E-state index is 0.0609. The van der Waals surface area contributed by atoms with Gasteiger partial charge in [0, 0.05) is 5.69 Å². The fraction of sp³-hybridized carbons (Fsp3) is 0.200. The Morgan fingerprint density at radius 1 is 1.20 bits per heavy atom. The molecule has 0 aromatic heterocycles. The first kappa shape index (κ1) is 16.9. The van der Waals surface area contributed by atoms with Gasteiger partial charge in [-0.25, -0.2) is 4.39 Å². The zero-order valence-electron chi connectivity index (χ0n) is 13.7. The first-order chi connectivity index (χ1) is 12.0. The molecule has 2 amide bonds. The number of hydrogen-bond donors (Lipinski definition) is 2. The predicted octanol–water partition coefficient (Wildman–Crippen LogP) is 3.30. The normalized spacial score (nSPS) is 15.3. The van der Waals surface area contributed by atoms with E-state index in [1.54, 1.807) is 30.3 Å². The van der Waals surface area contributed by atoms with Gasteiger partial charge in [0.05, 0.1) is 12.5 Å². The van der Waals surface area contributed by atoms with Crippen LogP contribution in [0.5, 0.6) is 0 Å². The van der Waals surface area contributed by atoms with Crippen LogP contribution in [0.25, 0.3) is 0 Å². The quantitative estimate of drug-likeness (QED) is 0.822. The lowest BCUT2D eigenvalue weighted by Gasteiger charge is -2.14. The van der Waals surface area contributed by atoms with Crippen LogP contribution in [0, 0.1) is 5.82 Å². The highest BCUT2D eigenvalue weighted by molar-refractivity contribution is 5.98. The van der Waals surface area contributed by atoms with Crippen LogP contribution in [0.1, 0.15) is 29.2 Å². The lowest BCUT2D eigenvalue weighted by atomic mass is 10.1. The smallest absolute Gasteiger partial charge is 0.247 e. The summed E-state index contributed by atoms with van der Waals surface area (Å²) >= 11 is 0. The van der Waals surface area contributed by atoms with Crippen molar-refractivity contribution in [1.82, 2.24) is 5.32 Å². The highest BCUT2D eigenvalue weighted by atomic mass is 19.1. The average Bonchev–Trinajstić information content (AvgIpc) is 2.98. The van der Waals surface area contributed by atoms with Gasteiger partial charge in [-0.1, -0.05) is 24.8 Å². The number of benzene rings is 2. The van der Waals surface area contributed by atoms with E-state index >= 15 is 0 Å². The van der Waals surface area contributed by atoms with E-state index in [2.05, 4.69) is 17.2 Å². The summed E-state index contributed by atoms with van der Waals surface area (Å²) in [5.41, 5.74) is 3.47. The number of aryl methyl sites for hydroxylation is 1. The minimum atomic E-state index is -0.276. The van der Waals surface area contributed by atoms with Crippen molar-refractivity contribution in [3.05, 3.63) is 77.6 Å². The molecule has 2 aromatic rings. The van der Waals surface area contributed by atoms with Gasteiger partial charge >= 0.3 is 0 Å². The maximum absolute atomic E-state index is 13.3. The van der Waals surface area contributed by atoms with Crippen molar-refractivity contribution in [3.8, 4) is 0 Å². The molecule has 2 aromatic carbocycles. The number of rotatable bonds is 5. The summed E-state index contributed by atoms with van der Waals surface area (Å²) in [6.45, 7) is 3.40. The number of carbonyl (C=O) groups excluding carboxylic acids is 2. The number of anilines is 1. The third kappa shape index (κ3) is 4.12. The van der Waals surface area contributed by atoms with Gasteiger partial charge in [0.1, 0.15) is 5.82 Å². The molecule has 0 saturated heterocycles. The maximum Gasteiger partial charge on any atom is 0.247 e. The molecule has 0 saturated carbocycles. The summed E-state index contributed by atoms with van der Waals surface area (Å²) in [6, 6.07) is 11.8. The van der Waals surface area contributed by atoms with Crippen LogP contribution >= 0.6 is 0 Å². The third-order valence-electron chi connectivity index (χ3n) is 4.29. The second-order valence-electron chi connectivity index (χ2n) is 6.07. The summed E-state index contributed by atoms with van der Waals surface area (Å²) < 4.78 is 13.3. The lowest BCUT2D eigenvalue weighted by Crippen LogP contribution is -2.28. The molecule has 25 heavy (non-hydrogen) atoms. The summed E-state index contributed by atoms with van der Waals surface area (Å²) in [5.74, 6) is -0.596. The van der Waals surface area contributed by atoms with Crippen LogP contribution in [-0.4, -0.2) is 11.8 Å². The maximum atomic E-state index is 13.3. The summed E-state index contributed by atoms with van der Waals surface area (Å²) in [4.78, 5) is 23.5. The Labute approximate surface area is 145 Å². The fourth-order valence-corrected chi connectivity index (χ4v) is 3.07. The topological polar surface area (TPSA) is 58.2 Å². The van der Waals surface area contributed by atoms with E-state index < -0.39 is 0 Å². The molecule has 1 unspecified atom stereocenters. The van der Waals surface area contributed by atoms with Crippen LogP contribution < -0.4 is 10.6 Å². The Hall–Kier alpha value is -2.95. The Balaban J connectivity index is 1.58. The summed E-state index contributed by atoms with van der Waals surface area (Å²) in [5, 5.41) is 5.67. The molecule has 0 fully saturated rings. The van der Waals surface area contributed by atoms with Gasteiger partial charge in [0.15, 0.2) is 0 Å². The van der Waals surface area contributed by atoms with Crippen molar-refractivity contribution in [3.63, 3.8) is 0 Å². The van der Waals surface area contributed by atoms with Crippen molar-refractivity contribution < 1.29 is 14.0 Å². The van der Waals surface area contributed by atoms with Gasteiger partial charge < -0.3 is 10.6 Å². The zero-order chi connectivity index (χ0) is 17.8. The van der Waals surface area contributed by atoms with E-state index in [-0.39, 0.29) is 30.1 Å². The van der Waals surface area contributed by atoms with Gasteiger partial charge in [-0.15, -0.1) is 0 Å². The summed E-state index contributed by atoms with van der Waals surface area (Å²) in [6.07, 6.45) is 3.02. The van der Waals surface area contributed by atoms with Gasteiger partial charge in [-0.2, -0.15) is 0 Å². The summed E-state index contributed by atoms with van der Waals surface area (Å²) in [7, 11) is 0. The number of halogens is 1. The van der Waals surface area contributed by atoms with E-state index in [0.29, 0.717) is 5.69 Å². The molecule has 2 N–H and O–H groups in total. The van der Waals surface area contributed by atoms with E-state index in [1.807, 2.05) is 0 Å². The van der Waals surface area contributed by atoms with Crippen LogP contribution in [0.3, 0.4) is 0 Å². The molecular weight excluding hydrogens is 319 g/mol. The predicted molar refractivity (Wildman–Crippen MR) is 94.6 cm³/mol. The number of fused-ring (bicyclic) bond motifs is 1. The minimum Gasteiger partial charge on any atom is -0.349 e. The van der Waals surface area contributed by atoms with Gasteiger partial charge in [-0.3, -0.25) is 9.59 Å². The van der Waals surface area contributed by atoms with Crippen LogP contribution in [0.2, 0.25) is 0 Å². The van der Waals surface area contributed by atoms with Crippen LogP contribution in [-0.2, 0) is 22.4 Å². The van der Waals surface area contributed by atoms with E-state index in [4.69, 9.17) is 0 Å². The van der Waals surface area contributed by atoms with E-state index in [9.17, 15) is 14.0 Å². The Morgan fingerprint density at radius 2 is 1.96 bits per heavy atom. The van der Waals surface area contributed by atoms with Crippen molar-refractivity contribution in [1.29, 1.82) is 0 Å². The van der Waals surface area contributed by atoms with Crippen molar-refractivity contribution in [2.24, 2.45) is 0 Å². The van der Waals surface area contributed by atoms with E-state index in [1.165, 1.54) is 18.2 Å². The van der Waals surface area contributed by atoms with Gasteiger partial charge in [0.2, 0.25) is 11.8 Å². The molecule has 128 valence electrons. The second-order valence-corrected chi connectivity index (χ2v) is 6.07. The largest absolute Gasteiger partial charge is 0.349 e. The van der Waals surface area contributed by atoms with Crippen LogP contribution in [0.4, 0.5) is 10.1 Å². The van der Waals surface area contributed by atoms with E-state index in [0.717, 1.165) is 29.5 Å². The number of amides is 2. The van der Waals surface area contributed by atoms with Gasteiger partial charge in [-0.05, 0) is 59.9 Å². The first-order valence-electron chi connectivity index (χ1n) is 8.15. The third-order valence-corrected chi connectivity index (χ3v) is 4.29. The highest BCUT2D eigenvalue weighted by Gasteiger charge is 2.24. The SMILES string of the molecule is C=CC(=O)Nc1ccc(CC(=O)NC2CCc3cc(F)ccc32)cc1. The molecule has 0 spiro atoms. The average molecular weight is 338 g/mol. The molecule has 1 atom stereocenters. The lowest BCUT2D eigenvalue weighted by molar-refractivity contribution is -0.121. The van der Waals surface area contributed by atoms with Gasteiger partial charge in [0.25, 0.3) is 0 Å². The second kappa shape index (κ2) is 7.30. The molecule has 0 bridgehead atoms. The Kier molecular flexibility index (Phi) is 4.93. The zero-order valence-corrected chi connectivity index (χ0v) is 13.7. The molecule has 0 heterocycles. The molecule has 1 aliphatic carbocycles. The fourth-order valence-electron chi connectivity index (χ4n) is 3.07.